The van der Waals surface area contributed by atoms with Crippen molar-refractivity contribution in [3.8, 4) is 5.75 Å². The van der Waals surface area contributed by atoms with Gasteiger partial charge in [0.05, 0.1) is 12.0 Å². The Morgan fingerprint density at radius 2 is 1.83 bits per heavy atom. The van der Waals surface area contributed by atoms with Gasteiger partial charge in [-0.25, -0.2) is 13.4 Å². The Morgan fingerprint density at radius 1 is 1.17 bits per heavy atom. The Kier molecular flexibility index (Phi) is 6.24. The predicted molar refractivity (Wildman–Crippen MR) is 110 cm³/mol. The van der Waals surface area contributed by atoms with Crippen LogP contribution in [0.15, 0.2) is 65.8 Å². The molecule has 0 saturated heterocycles. The monoisotopic (exact) mass is 433 g/mol. The van der Waals surface area contributed by atoms with Crippen LogP contribution in [0.2, 0.25) is 5.02 Å². The number of aromatic nitrogens is 2. The van der Waals surface area contributed by atoms with Crippen molar-refractivity contribution in [2.75, 3.05) is 12.9 Å². The van der Waals surface area contributed by atoms with Gasteiger partial charge in [0, 0.05) is 24.5 Å². The standard InChI is InChI=1S/C20H20ClN3O4S/c1-24-12-11-22-20(24)19(14-3-7-16(28-2)8-4-14)23-18(25)13-29(26,27)17-9-5-15(21)6-10-17/h3-12,19H,13H2,1-2H3,(H,23,25). The Labute approximate surface area is 174 Å². The van der Waals surface area contributed by atoms with Gasteiger partial charge in [-0.1, -0.05) is 23.7 Å². The van der Waals surface area contributed by atoms with Crippen LogP contribution in [-0.2, 0) is 21.7 Å². The second kappa shape index (κ2) is 8.67. The topological polar surface area (TPSA) is 90.3 Å². The van der Waals surface area contributed by atoms with E-state index >= 15 is 0 Å². The molecule has 0 spiro atoms. The van der Waals surface area contributed by atoms with Crippen LogP contribution in [0.5, 0.6) is 5.75 Å². The van der Waals surface area contributed by atoms with E-state index in [0.29, 0.717) is 16.6 Å². The first-order valence-corrected chi connectivity index (χ1v) is 10.7. The molecule has 1 heterocycles. The summed E-state index contributed by atoms with van der Waals surface area (Å²) in [5, 5.41) is 3.20. The van der Waals surface area contributed by atoms with Gasteiger partial charge in [-0.3, -0.25) is 4.79 Å². The fraction of sp³-hybridized carbons (Fsp3) is 0.200. The molecule has 1 N–H and O–H groups in total. The lowest BCUT2D eigenvalue weighted by atomic mass is 10.1. The number of carbonyl (C=O) groups excluding carboxylic acids is 1. The van der Waals surface area contributed by atoms with Gasteiger partial charge in [-0.2, -0.15) is 0 Å². The van der Waals surface area contributed by atoms with Crippen molar-refractivity contribution in [3.63, 3.8) is 0 Å². The van der Waals surface area contributed by atoms with Crippen LogP contribution in [0.4, 0.5) is 0 Å². The van der Waals surface area contributed by atoms with E-state index in [0.717, 1.165) is 5.56 Å². The number of hydrogen-bond donors (Lipinski definition) is 1. The SMILES string of the molecule is COc1ccc(C(NC(=O)CS(=O)(=O)c2ccc(Cl)cc2)c2nccn2C)cc1. The molecule has 1 atom stereocenters. The molecule has 152 valence electrons. The highest BCUT2D eigenvalue weighted by Crippen LogP contribution is 2.23. The minimum absolute atomic E-state index is 0.0371. The molecule has 29 heavy (non-hydrogen) atoms. The number of carbonyl (C=O) groups is 1. The fourth-order valence-corrected chi connectivity index (χ4v) is 4.12. The molecule has 7 nitrogen and oxygen atoms in total. The molecule has 2 aromatic carbocycles. The summed E-state index contributed by atoms with van der Waals surface area (Å²) in [6.45, 7) is 0. The largest absolute Gasteiger partial charge is 0.497 e. The van der Waals surface area contributed by atoms with E-state index < -0.39 is 27.5 Å². The summed E-state index contributed by atoms with van der Waals surface area (Å²) in [7, 11) is -0.446. The van der Waals surface area contributed by atoms with Crippen LogP contribution >= 0.6 is 11.6 Å². The van der Waals surface area contributed by atoms with Crippen LogP contribution in [-0.4, -0.2) is 36.7 Å². The fourth-order valence-electron chi connectivity index (χ4n) is 2.85. The summed E-state index contributed by atoms with van der Waals surface area (Å²) < 4.78 is 32.1. The number of benzene rings is 2. The summed E-state index contributed by atoms with van der Waals surface area (Å²) in [6, 6.07) is 12.2. The van der Waals surface area contributed by atoms with Crippen molar-refractivity contribution in [2.45, 2.75) is 10.9 Å². The number of imidazole rings is 1. The molecular formula is C20H20ClN3O4S. The molecule has 0 saturated carbocycles. The minimum Gasteiger partial charge on any atom is -0.497 e. The number of ether oxygens (including phenoxy) is 1. The Hall–Kier alpha value is -2.84. The second-order valence-electron chi connectivity index (χ2n) is 6.38. The van der Waals surface area contributed by atoms with Crippen LogP contribution < -0.4 is 10.1 Å². The van der Waals surface area contributed by atoms with Gasteiger partial charge in [-0.15, -0.1) is 0 Å². The Bertz CT molecular complexity index is 1090. The van der Waals surface area contributed by atoms with E-state index in [1.165, 1.54) is 24.3 Å². The molecule has 1 amide bonds. The lowest BCUT2D eigenvalue weighted by molar-refractivity contribution is -0.119. The molecule has 0 aliphatic heterocycles. The Morgan fingerprint density at radius 3 is 2.38 bits per heavy atom. The third kappa shape index (κ3) is 4.96. The number of sulfone groups is 1. The number of nitrogens with one attached hydrogen (secondary N) is 1. The molecule has 9 heteroatoms. The minimum atomic E-state index is -3.81. The highest BCUT2D eigenvalue weighted by molar-refractivity contribution is 7.92. The predicted octanol–water partition coefficient (Wildman–Crippen LogP) is 2.76. The van der Waals surface area contributed by atoms with E-state index in [1.807, 2.05) is 0 Å². The second-order valence-corrected chi connectivity index (χ2v) is 8.81. The van der Waals surface area contributed by atoms with Crippen molar-refractivity contribution >= 4 is 27.3 Å². The van der Waals surface area contributed by atoms with E-state index in [2.05, 4.69) is 10.3 Å². The van der Waals surface area contributed by atoms with Crippen molar-refractivity contribution in [1.82, 2.24) is 14.9 Å². The molecular weight excluding hydrogens is 414 g/mol. The van der Waals surface area contributed by atoms with Crippen molar-refractivity contribution in [3.05, 3.63) is 77.3 Å². The highest BCUT2D eigenvalue weighted by Gasteiger charge is 2.25. The molecule has 0 fully saturated rings. The van der Waals surface area contributed by atoms with Crippen molar-refractivity contribution < 1.29 is 17.9 Å². The molecule has 1 aromatic heterocycles. The van der Waals surface area contributed by atoms with Crippen LogP contribution in [0.3, 0.4) is 0 Å². The molecule has 0 aliphatic rings. The summed E-state index contributed by atoms with van der Waals surface area (Å²) in [5.74, 6) is -0.0775. The molecule has 0 bridgehead atoms. The number of aryl methyl sites for hydroxylation is 1. The van der Waals surface area contributed by atoms with Gasteiger partial charge < -0.3 is 14.6 Å². The average molecular weight is 434 g/mol. The molecule has 0 aliphatic carbocycles. The van der Waals surface area contributed by atoms with Crippen LogP contribution in [0, 0.1) is 0 Å². The first-order chi connectivity index (χ1) is 13.8. The molecule has 0 radical (unpaired) electrons. The van der Waals surface area contributed by atoms with Gasteiger partial charge in [0.2, 0.25) is 5.91 Å². The normalized spacial score (nSPS) is 12.4. The van der Waals surface area contributed by atoms with Crippen molar-refractivity contribution in [2.24, 2.45) is 7.05 Å². The first-order valence-electron chi connectivity index (χ1n) is 8.69. The summed E-state index contributed by atoms with van der Waals surface area (Å²) >= 11 is 5.81. The van der Waals surface area contributed by atoms with Crippen LogP contribution in [0.1, 0.15) is 17.4 Å². The number of halogens is 1. The summed E-state index contributed by atoms with van der Waals surface area (Å²) in [6.07, 6.45) is 3.37. The number of nitrogens with zero attached hydrogens (tertiary/aromatic N) is 2. The zero-order chi connectivity index (χ0) is 21.0. The number of rotatable bonds is 7. The first kappa shape index (κ1) is 20.9. The maximum atomic E-state index is 12.6. The van der Waals surface area contributed by atoms with Gasteiger partial charge in [0.15, 0.2) is 9.84 Å². The van der Waals surface area contributed by atoms with Gasteiger partial charge in [0.1, 0.15) is 23.4 Å². The third-order valence-electron chi connectivity index (χ3n) is 4.36. The van der Waals surface area contributed by atoms with Gasteiger partial charge >= 0.3 is 0 Å². The number of amides is 1. The van der Waals surface area contributed by atoms with Crippen molar-refractivity contribution in [1.29, 1.82) is 0 Å². The molecule has 3 aromatic rings. The average Bonchev–Trinajstić information content (AvgIpc) is 3.12. The summed E-state index contributed by atoms with van der Waals surface area (Å²) in [4.78, 5) is 17.0. The smallest absolute Gasteiger partial charge is 0.236 e. The quantitative estimate of drug-likeness (QED) is 0.618. The summed E-state index contributed by atoms with van der Waals surface area (Å²) in [5.41, 5.74) is 0.748. The van der Waals surface area contributed by atoms with E-state index in [4.69, 9.17) is 16.3 Å². The zero-order valence-electron chi connectivity index (χ0n) is 15.9. The van der Waals surface area contributed by atoms with Crippen LogP contribution in [0.25, 0.3) is 0 Å². The maximum Gasteiger partial charge on any atom is 0.236 e. The van der Waals surface area contributed by atoms with Gasteiger partial charge in [0.25, 0.3) is 0 Å². The lowest BCUT2D eigenvalue weighted by Crippen LogP contribution is -2.35. The zero-order valence-corrected chi connectivity index (χ0v) is 17.4. The van der Waals surface area contributed by atoms with E-state index in [9.17, 15) is 13.2 Å². The van der Waals surface area contributed by atoms with E-state index in [1.54, 1.807) is 55.4 Å². The number of methoxy groups -OCH3 is 1. The Balaban J connectivity index is 1.84. The number of hydrogen-bond acceptors (Lipinski definition) is 5. The molecule has 1 unspecified atom stereocenters. The highest BCUT2D eigenvalue weighted by atomic mass is 35.5. The molecule has 3 rings (SSSR count). The maximum absolute atomic E-state index is 12.6. The van der Waals surface area contributed by atoms with Gasteiger partial charge in [-0.05, 0) is 42.0 Å². The van der Waals surface area contributed by atoms with E-state index in [-0.39, 0.29) is 4.90 Å². The third-order valence-corrected chi connectivity index (χ3v) is 6.25. The lowest BCUT2D eigenvalue weighted by Gasteiger charge is -2.19.